The Morgan fingerprint density at radius 2 is 1.74 bits per heavy atom. The van der Waals surface area contributed by atoms with E-state index >= 15 is 0 Å². The molecule has 1 saturated heterocycles. The SMILES string of the molecule is O=C1CCC(N2Cc3c(SCc4ccc(COC(=O)C56CC7CC(CC(C7)C5)C6)o4)cccc3C2=O)C(=O)N1. The number of hydrogen-bond donors (Lipinski definition) is 1. The van der Waals surface area contributed by atoms with Gasteiger partial charge in [-0.05, 0) is 92.5 Å². The molecule has 4 saturated carbocycles. The highest BCUT2D eigenvalue weighted by Crippen LogP contribution is 2.60. The molecule has 1 N–H and O–H groups in total. The summed E-state index contributed by atoms with van der Waals surface area (Å²) in [6.07, 6.45) is 7.42. The lowest BCUT2D eigenvalue weighted by Gasteiger charge is -2.55. The molecule has 3 heterocycles. The van der Waals surface area contributed by atoms with Crippen molar-refractivity contribution in [2.45, 2.75) is 81.2 Å². The predicted molar refractivity (Wildman–Crippen MR) is 141 cm³/mol. The number of ether oxygens (including phenoxy) is 1. The van der Waals surface area contributed by atoms with Gasteiger partial charge in [-0.15, -0.1) is 11.8 Å². The van der Waals surface area contributed by atoms with Crippen LogP contribution in [0.15, 0.2) is 39.6 Å². The summed E-state index contributed by atoms with van der Waals surface area (Å²) in [5.74, 6) is 3.13. The van der Waals surface area contributed by atoms with Crippen LogP contribution in [0.1, 0.15) is 78.8 Å². The summed E-state index contributed by atoms with van der Waals surface area (Å²) < 4.78 is 11.8. The lowest BCUT2D eigenvalue weighted by atomic mass is 9.49. The zero-order valence-corrected chi connectivity index (χ0v) is 22.6. The second-order valence-corrected chi connectivity index (χ2v) is 13.1. The summed E-state index contributed by atoms with van der Waals surface area (Å²) in [5.41, 5.74) is 1.22. The van der Waals surface area contributed by atoms with Gasteiger partial charge in [0.05, 0.1) is 11.2 Å². The van der Waals surface area contributed by atoms with Crippen LogP contribution in [0, 0.1) is 23.2 Å². The van der Waals surface area contributed by atoms with Crippen LogP contribution in [0.5, 0.6) is 0 Å². The van der Waals surface area contributed by atoms with Crippen LogP contribution in [-0.2, 0) is 38.0 Å². The first-order chi connectivity index (χ1) is 18.9. The molecule has 39 heavy (non-hydrogen) atoms. The highest BCUT2D eigenvalue weighted by atomic mass is 32.2. The van der Waals surface area contributed by atoms with E-state index in [-0.39, 0.29) is 36.2 Å². The number of rotatable bonds is 7. The van der Waals surface area contributed by atoms with Gasteiger partial charge >= 0.3 is 5.97 Å². The molecule has 9 heteroatoms. The molecule has 6 aliphatic rings. The first-order valence-electron chi connectivity index (χ1n) is 14.0. The second-order valence-electron chi connectivity index (χ2n) is 12.1. The van der Waals surface area contributed by atoms with Crippen molar-refractivity contribution in [1.82, 2.24) is 10.2 Å². The van der Waals surface area contributed by atoms with E-state index in [9.17, 15) is 19.2 Å². The number of piperidine rings is 1. The molecule has 204 valence electrons. The average molecular weight is 549 g/mol. The van der Waals surface area contributed by atoms with Gasteiger partial charge in [-0.3, -0.25) is 24.5 Å². The number of esters is 1. The number of nitrogens with zero attached hydrogens (tertiary/aromatic N) is 1. The van der Waals surface area contributed by atoms with Crippen molar-refractivity contribution in [2.24, 2.45) is 23.2 Å². The summed E-state index contributed by atoms with van der Waals surface area (Å²) in [7, 11) is 0. The van der Waals surface area contributed by atoms with Gasteiger partial charge in [-0.2, -0.15) is 0 Å². The molecule has 1 atom stereocenters. The third kappa shape index (κ3) is 4.48. The fraction of sp³-hybridized carbons (Fsp3) is 0.533. The van der Waals surface area contributed by atoms with Gasteiger partial charge in [0.25, 0.3) is 5.91 Å². The monoisotopic (exact) mass is 548 g/mol. The molecular weight excluding hydrogens is 516 g/mol. The number of hydrogen-bond acceptors (Lipinski definition) is 7. The maximum absolute atomic E-state index is 13.2. The molecule has 1 unspecified atom stereocenters. The molecule has 5 fully saturated rings. The van der Waals surface area contributed by atoms with Crippen molar-refractivity contribution < 1.29 is 28.3 Å². The number of nitrogens with one attached hydrogen (secondary N) is 1. The van der Waals surface area contributed by atoms with E-state index in [1.165, 1.54) is 19.3 Å². The zero-order valence-electron chi connectivity index (χ0n) is 21.8. The van der Waals surface area contributed by atoms with Crippen LogP contribution in [0.3, 0.4) is 0 Å². The van der Waals surface area contributed by atoms with Gasteiger partial charge in [0.2, 0.25) is 11.8 Å². The maximum Gasteiger partial charge on any atom is 0.312 e. The van der Waals surface area contributed by atoms with Gasteiger partial charge in [-0.25, -0.2) is 0 Å². The molecule has 8 rings (SSSR count). The minimum absolute atomic E-state index is 0.0426. The first-order valence-corrected chi connectivity index (χ1v) is 15.0. The Hall–Kier alpha value is -3.07. The number of fused-ring (bicyclic) bond motifs is 1. The second kappa shape index (κ2) is 9.54. The van der Waals surface area contributed by atoms with Gasteiger partial charge in [-0.1, -0.05) is 6.07 Å². The summed E-state index contributed by atoms with van der Waals surface area (Å²) in [5, 5.41) is 2.35. The van der Waals surface area contributed by atoms with E-state index in [1.54, 1.807) is 22.7 Å². The number of amides is 3. The number of carbonyl (C=O) groups is 4. The van der Waals surface area contributed by atoms with Crippen LogP contribution < -0.4 is 5.32 Å². The molecule has 0 spiro atoms. The van der Waals surface area contributed by atoms with E-state index in [1.807, 2.05) is 24.3 Å². The van der Waals surface area contributed by atoms with E-state index < -0.39 is 11.9 Å². The first kappa shape index (κ1) is 24.9. The normalized spacial score (nSPS) is 31.0. The Kier molecular flexibility index (Phi) is 6.10. The molecule has 1 aromatic carbocycles. The van der Waals surface area contributed by atoms with Crippen molar-refractivity contribution in [3.8, 4) is 0 Å². The fourth-order valence-electron chi connectivity index (χ4n) is 8.07. The fourth-order valence-corrected chi connectivity index (χ4v) is 9.05. The topological polar surface area (TPSA) is 106 Å². The quantitative estimate of drug-likeness (QED) is 0.306. The third-order valence-corrected chi connectivity index (χ3v) is 10.6. The summed E-state index contributed by atoms with van der Waals surface area (Å²) in [6.45, 7) is 0.495. The highest BCUT2D eigenvalue weighted by Gasteiger charge is 2.55. The molecule has 4 aliphatic carbocycles. The smallest absolute Gasteiger partial charge is 0.312 e. The van der Waals surface area contributed by atoms with E-state index in [0.717, 1.165) is 35.5 Å². The standard InChI is InChI=1S/C30H32N2O6S/c33-26-7-6-24(27(34)31-26)32-14-23-22(28(32)35)2-1-3-25(23)39-16-21-5-4-20(38-21)15-37-29(36)30-11-17-8-18(12-30)10-19(9-17)13-30/h1-5,17-19,24H,6-16H2,(H,31,33,34). The van der Waals surface area contributed by atoms with Crippen molar-refractivity contribution in [3.05, 3.63) is 53.0 Å². The number of benzene rings is 1. The van der Waals surface area contributed by atoms with Crippen molar-refractivity contribution >= 4 is 35.5 Å². The summed E-state index contributed by atoms with van der Waals surface area (Å²) in [4.78, 5) is 52.7. The number of carbonyl (C=O) groups excluding carboxylic acids is 4. The van der Waals surface area contributed by atoms with Gasteiger partial charge in [0, 0.05) is 23.4 Å². The average Bonchev–Trinajstić information content (AvgIpc) is 3.50. The van der Waals surface area contributed by atoms with Crippen LogP contribution >= 0.6 is 11.8 Å². The lowest BCUT2D eigenvalue weighted by Crippen LogP contribution is -2.52. The Morgan fingerprint density at radius 1 is 1.03 bits per heavy atom. The van der Waals surface area contributed by atoms with Crippen molar-refractivity contribution in [1.29, 1.82) is 0 Å². The van der Waals surface area contributed by atoms with Crippen molar-refractivity contribution in [3.63, 3.8) is 0 Å². The minimum Gasteiger partial charge on any atom is -0.462 e. The third-order valence-electron chi connectivity index (χ3n) is 9.44. The van der Waals surface area contributed by atoms with E-state index in [4.69, 9.17) is 9.15 Å². The number of furan rings is 1. The molecular formula is C30H32N2O6S. The molecule has 0 radical (unpaired) electrons. The predicted octanol–water partition coefficient (Wildman–Crippen LogP) is 4.59. The minimum atomic E-state index is -0.630. The molecule has 8 nitrogen and oxygen atoms in total. The Labute approximate surface area is 231 Å². The zero-order chi connectivity index (χ0) is 26.7. The van der Waals surface area contributed by atoms with Crippen LogP contribution in [0.25, 0.3) is 0 Å². The van der Waals surface area contributed by atoms with Crippen LogP contribution in [0.4, 0.5) is 0 Å². The molecule has 1 aromatic heterocycles. The Bertz CT molecular complexity index is 1330. The van der Waals surface area contributed by atoms with E-state index in [2.05, 4.69) is 5.32 Å². The lowest BCUT2D eigenvalue weighted by molar-refractivity contribution is -0.173. The van der Waals surface area contributed by atoms with E-state index in [0.29, 0.717) is 47.8 Å². The largest absolute Gasteiger partial charge is 0.462 e. The Morgan fingerprint density at radius 3 is 2.46 bits per heavy atom. The molecule has 2 aliphatic heterocycles. The summed E-state index contributed by atoms with van der Waals surface area (Å²) in [6, 6.07) is 8.76. The van der Waals surface area contributed by atoms with Gasteiger partial charge in [0.1, 0.15) is 24.2 Å². The van der Waals surface area contributed by atoms with Gasteiger partial charge in [0.15, 0.2) is 0 Å². The Balaban J connectivity index is 0.966. The van der Waals surface area contributed by atoms with Crippen molar-refractivity contribution in [2.75, 3.05) is 0 Å². The molecule has 2 aromatic rings. The number of thioether (sulfide) groups is 1. The molecule has 3 amide bonds. The van der Waals surface area contributed by atoms with Gasteiger partial charge < -0.3 is 14.1 Å². The molecule has 4 bridgehead atoms. The maximum atomic E-state index is 13.2. The van der Waals surface area contributed by atoms with Crippen LogP contribution in [0.2, 0.25) is 0 Å². The van der Waals surface area contributed by atoms with Crippen LogP contribution in [-0.4, -0.2) is 34.6 Å². The highest BCUT2D eigenvalue weighted by molar-refractivity contribution is 7.98. The summed E-state index contributed by atoms with van der Waals surface area (Å²) >= 11 is 1.57. The number of imide groups is 1.